The van der Waals surface area contributed by atoms with E-state index in [1.807, 2.05) is 36.4 Å². The lowest BCUT2D eigenvalue weighted by Gasteiger charge is -2.33. The highest BCUT2D eigenvalue weighted by molar-refractivity contribution is 9.10. The molecule has 1 fully saturated rings. The summed E-state index contributed by atoms with van der Waals surface area (Å²) >= 11 is 3.46. The number of H-pyrrole nitrogens is 1. The molecule has 0 saturated carbocycles. The Kier molecular flexibility index (Phi) is 5.13. The number of nitrogens with one attached hydrogen (secondary N) is 2. The molecule has 136 valence electrons. The molecule has 1 amide bonds. The number of likely N-dealkylation sites (tertiary alicyclic amines) is 1. The van der Waals surface area contributed by atoms with Crippen LogP contribution in [0.4, 0.5) is 0 Å². The Hall–Kier alpha value is -2.05. The van der Waals surface area contributed by atoms with Crippen LogP contribution in [0.15, 0.2) is 51.6 Å². The molecule has 1 atom stereocenters. The van der Waals surface area contributed by atoms with Crippen LogP contribution in [0, 0.1) is 0 Å². The van der Waals surface area contributed by atoms with E-state index in [9.17, 15) is 4.79 Å². The summed E-state index contributed by atoms with van der Waals surface area (Å²) in [5, 5.41) is 4.09. The van der Waals surface area contributed by atoms with Crippen LogP contribution >= 0.6 is 15.9 Å². The second kappa shape index (κ2) is 7.68. The number of halogens is 1. The van der Waals surface area contributed by atoms with Crippen molar-refractivity contribution < 1.29 is 9.21 Å². The molecule has 3 aromatic rings. The van der Waals surface area contributed by atoms with Crippen LogP contribution in [0.2, 0.25) is 0 Å². The smallest absolute Gasteiger partial charge is 0.267 e. The standard InChI is InChI=1S/C20H22BrN3O2/c21-15-6-7-16-14(11-15)12-17(23-16)20(25)22-13-18(19-5-4-10-26-19)24-8-2-1-3-9-24/h4-7,10-12,18,23H,1-3,8-9,13H2,(H,22,25). The molecule has 3 heterocycles. The molecule has 26 heavy (non-hydrogen) atoms. The number of piperidine rings is 1. The minimum Gasteiger partial charge on any atom is -0.468 e. The lowest BCUT2D eigenvalue weighted by Crippen LogP contribution is -2.40. The van der Waals surface area contributed by atoms with E-state index in [-0.39, 0.29) is 11.9 Å². The van der Waals surface area contributed by atoms with Crippen LogP contribution in [0.3, 0.4) is 0 Å². The highest BCUT2D eigenvalue weighted by Gasteiger charge is 2.25. The quantitative estimate of drug-likeness (QED) is 0.645. The van der Waals surface area contributed by atoms with E-state index in [0.717, 1.165) is 34.2 Å². The van der Waals surface area contributed by atoms with Gasteiger partial charge >= 0.3 is 0 Å². The number of rotatable bonds is 5. The van der Waals surface area contributed by atoms with Crippen LogP contribution in [0.25, 0.3) is 10.9 Å². The maximum Gasteiger partial charge on any atom is 0.267 e. The molecule has 0 bridgehead atoms. The van der Waals surface area contributed by atoms with Gasteiger partial charge in [-0.2, -0.15) is 0 Å². The van der Waals surface area contributed by atoms with Crippen molar-refractivity contribution in [2.24, 2.45) is 0 Å². The summed E-state index contributed by atoms with van der Waals surface area (Å²) in [4.78, 5) is 18.3. The topological polar surface area (TPSA) is 61.3 Å². The van der Waals surface area contributed by atoms with Gasteiger partial charge in [0.05, 0.1) is 12.3 Å². The Bertz CT molecular complexity index is 882. The number of aromatic amines is 1. The summed E-state index contributed by atoms with van der Waals surface area (Å²) in [7, 11) is 0. The van der Waals surface area contributed by atoms with Crippen molar-refractivity contribution >= 4 is 32.7 Å². The van der Waals surface area contributed by atoms with Crippen molar-refractivity contribution in [1.29, 1.82) is 0 Å². The van der Waals surface area contributed by atoms with Crippen LogP contribution < -0.4 is 5.32 Å². The number of hydrogen-bond donors (Lipinski definition) is 2. The van der Waals surface area contributed by atoms with E-state index in [1.54, 1.807) is 6.26 Å². The van der Waals surface area contributed by atoms with Gasteiger partial charge in [0.1, 0.15) is 11.5 Å². The van der Waals surface area contributed by atoms with Crippen LogP contribution in [-0.4, -0.2) is 35.4 Å². The fourth-order valence-electron chi connectivity index (χ4n) is 3.63. The number of fused-ring (bicyclic) bond motifs is 1. The first-order chi connectivity index (χ1) is 12.7. The Morgan fingerprint density at radius 3 is 2.85 bits per heavy atom. The van der Waals surface area contributed by atoms with Crippen molar-refractivity contribution in [3.63, 3.8) is 0 Å². The molecule has 0 radical (unpaired) electrons. The first-order valence-corrected chi connectivity index (χ1v) is 9.84. The molecular weight excluding hydrogens is 394 g/mol. The van der Waals surface area contributed by atoms with E-state index in [1.165, 1.54) is 19.3 Å². The predicted octanol–water partition coefficient (Wildman–Crippen LogP) is 4.48. The van der Waals surface area contributed by atoms with Gasteiger partial charge in [-0.3, -0.25) is 9.69 Å². The molecule has 0 spiro atoms. The molecule has 4 rings (SSSR count). The van der Waals surface area contributed by atoms with Gasteiger partial charge in [-0.25, -0.2) is 0 Å². The fourth-order valence-corrected chi connectivity index (χ4v) is 4.01. The van der Waals surface area contributed by atoms with E-state index >= 15 is 0 Å². The first kappa shape index (κ1) is 17.4. The summed E-state index contributed by atoms with van der Waals surface area (Å²) in [5.74, 6) is 0.818. The number of aromatic nitrogens is 1. The molecular formula is C20H22BrN3O2. The van der Waals surface area contributed by atoms with Gasteiger partial charge in [0, 0.05) is 21.9 Å². The summed E-state index contributed by atoms with van der Waals surface area (Å²) in [5.41, 5.74) is 1.53. The molecule has 5 nitrogen and oxygen atoms in total. The fraction of sp³-hybridized carbons (Fsp3) is 0.350. The minimum absolute atomic E-state index is 0.0766. The molecule has 0 aliphatic carbocycles. The highest BCUT2D eigenvalue weighted by Crippen LogP contribution is 2.25. The molecule has 1 aliphatic heterocycles. The van der Waals surface area contributed by atoms with Gasteiger partial charge in [-0.1, -0.05) is 22.4 Å². The SMILES string of the molecule is O=C(NCC(c1ccco1)N1CCCCC1)c1cc2cc(Br)ccc2[nH]1. The third kappa shape index (κ3) is 3.71. The maximum atomic E-state index is 12.7. The average molecular weight is 416 g/mol. The van der Waals surface area contributed by atoms with Crippen LogP contribution in [0.5, 0.6) is 0 Å². The summed E-state index contributed by atoms with van der Waals surface area (Å²) in [6.07, 6.45) is 5.37. The van der Waals surface area contributed by atoms with E-state index < -0.39 is 0 Å². The summed E-state index contributed by atoms with van der Waals surface area (Å²) < 4.78 is 6.64. The Balaban J connectivity index is 1.48. The second-order valence-electron chi connectivity index (χ2n) is 6.75. The number of carbonyl (C=O) groups excluding carboxylic acids is 1. The van der Waals surface area contributed by atoms with Gasteiger partial charge in [-0.15, -0.1) is 0 Å². The largest absolute Gasteiger partial charge is 0.468 e. The summed E-state index contributed by atoms with van der Waals surface area (Å²) in [6.45, 7) is 2.62. The summed E-state index contributed by atoms with van der Waals surface area (Å²) in [6, 6.07) is 11.8. The molecule has 6 heteroatoms. The van der Waals surface area contributed by atoms with Crippen molar-refractivity contribution in [1.82, 2.24) is 15.2 Å². The zero-order valence-corrected chi connectivity index (χ0v) is 16.1. The second-order valence-corrected chi connectivity index (χ2v) is 7.67. The average Bonchev–Trinajstić information content (AvgIpc) is 3.32. The monoisotopic (exact) mass is 415 g/mol. The van der Waals surface area contributed by atoms with Gasteiger partial charge in [-0.05, 0) is 62.3 Å². The van der Waals surface area contributed by atoms with E-state index in [4.69, 9.17) is 4.42 Å². The lowest BCUT2D eigenvalue weighted by molar-refractivity contribution is 0.0910. The third-order valence-corrected chi connectivity index (χ3v) is 5.48. The lowest BCUT2D eigenvalue weighted by atomic mass is 10.1. The Labute approximate surface area is 160 Å². The predicted molar refractivity (Wildman–Crippen MR) is 105 cm³/mol. The van der Waals surface area contributed by atoms with Crippen LogP contribution in [0.1, 0.15) is 41.6 Å². The Morgan fingerprint density at radius 2 is 2.08 bits per heavy atom. The zero-order chi connectivity index (χ0) is 17.9. The van der Waals surface area contributed by atoms with Gasteiger partial charge < -0.3 is 14.7 Å². The molecule has 1 aromatic carbocycles. The van der Waals surface area contributed by atoms with Crippen molar-refractivity contribution in [3.8, 4) is 0 Å². The van der Waals surface area contributed by atoms with Gasteiger partial charge in [0.15, 0.2) is 0 Å². The van der Waals surface area contributed by atoms with Gasteiger partial charge in [0.25, 0.3) is 5.91 Å². The normalized spacial score (nSPS) is 16.7. The van der Waals surface area contributed by atoms with Crippen molar-refractivity contribution in [2.45, 2.75) is 25.3 Å². The molecule has 1 saturated heterocycles. The molecule has 2 N–H and O–H groups in total. The number of amides is 1. The van der Waals surface area contributed by atoms with Crippen LogP contribution in [-0.2, 0) is 0 Å². The number of furan rings is 1. The number of carbonyl (C=O) groups is 1. The molecule has 2 aromatic heterocycles. The zero-order valence-electron chi connectivity index (χ0n) is 14.5. The van der Waals surface area contributed by atoms with Gasteiger partial charge in [0.2, 0.25) is 0 Å². The highest BCUT2D eigenvalue weighted by atomic mass is 79.9. The molecule has 1 aliphatic rings. The molecule has 1 unspecified atom stereocenters. The number of nitrogens with zero attached hydrogens (tertiary/aromatic N) is 1. The number of benzene rings is 1. The third-order valence-electron chi connectivity index (χ3n) is 4.99. The number of hydrogen-bond acceptors (Lipinski definition) is 3. The van der Waals surface area contributed by atoms with E-state index in [0.29, 0.717) is 12.2 Å². The first-order valence-electron chi connectivity index (χ1n) is 9.04. The van der Waals surface area contributed by atoms with Crippen molar-refractivity contribution in [2.75, 3.05) is 19.6 Å². The minimum atomic E-state index is -0.0918. The Morgan fingerprint density at radius 1 is 1.23 bits per heavy atom. The van der Waals surface area contributed by atoms with E-state index in [2.05, 4.69) is 31.1 Å². The maximum absolute atomic E-state index is 12.7. The van der Waals surface area contributed by atoms with Crippen molar-refractivity contribution in [3.05, 3.63) is 58.6 Å².